The van der Waals surface area contributed by atoms with Crippen LogP contribution in [0.4, 0.5) is 0 Å². The van der Waals surface area contributed by atoms with Crippen molar-refractivity contribution in [1.29, 1.82) is 0 Å². The van der Waals surface area contributed by atoms with E-state index in [1.807, 2.05) is 36.4 Å². The van der Waals surface area contributed by atoms with Gasteiger partial charge in [-0.15, -0.1) is 0 Å². The van der Waals surface area contributed by atoms with Gasteiger partial charge < -0.3 is 14.6 Å². The average Bonchev–Trinajstić information content (AvgIpc) is 2.70. The SMILES string of the molecule is COc1ccc(C(c2ccccc2Br)N2CCCC(C(=O)O)C2)c(OC)c1. The number of carboxylic acids is 1. The highest BCUT2D eigenvalue weighted by molar-refractivity contribution is 9.10. The Morgan fingerprint density at radius 2 is 1.96 bits per heavy atom. The van der Waals surface area contributed by atoms with E-state index < -0.39 is 5.97 Å². The summed E-state index contributed by atoms with van der Waals surface area (Å²) in [6.07, 6.45) is 1.57. The van der Waals surface area contributed by atoms with E-state index in [1.165, 1.54) is 0 Å². The fourth-order valence-corrected chi connectivity index (χ4v) is 4.25. The van der Waals surface area contributed by atoms with Gasteiger partial charge in [0.1, 0.15) is 11.5 Å². The minimum atomic E-state index is -0.729. The fraction of sp³-hybridized carbons (Fsp3) is 0.381. The zero-order valence-corrected chi connectivity index (χ0v) is 17.1. The Labute approximate surface area is 168 Å². The Bertz CT molecular complexity index is 811. The number of ether oxygens (including phenoxy) is 2. The maximum atomic E-state index is 11.6. The van der Waals surface area contributed by atoms with E-state index in [-0.39, 0.29) is 12.0 Å². The van der Waals surface area contributed by atoms with E-state index >= 15 is 0 Å². The number of carbonyl (C=O) groups is 1. The second-order valence-corrected chi connectivity index (χ2v) is 7.56. The van der Waals surface area contributed by atoms with Gasteiger partial charge in [0, 0.05) is 22.6 Å². The summed E-state index contributed by atoms with van der Waals surface area (Å²) in [5.74, 6) is 0.372. The third kappa shape index (κ3) is 4.28. The van der Waals surface area contributed by atoms with Crippen molar-refractivity contribution in [2.45, 2.75) is 18.9 Å². The fourth-order valence-electron chi connectivity index (χ4n) is 3.74. The van der Waals surface area contributed by atoms with Gasteiger partial charge in [-0.2, -0.15) is 0 Å². The number of benzene rings is 2. The largest absolute Gasteiger partial charge is 0.497 e. The van der Waals surface area contributed by atoms with Gasteiger partial charge in [0.05, 0.1) is 26.2 Å². The molecule has 6 heteroatoms. The van der Waals surface area contributed by atoms with E-state index in [4.69, 9.17) is 9.47 Å². The van der Waals surface area contributed by atoms with Crippen LogP contribution < -0.4 is 9.47 Å². The number of rotatable bonds is 6. The number of nitrogens with zero attached hydrogens (tertiary/aromatic N) is 1. The molecule has 0 bridgehead atoms. The number of carboxylic acid groups (broad SMARTS) is 1. The molecule has 5 nitrogen and oxygen atoms in total. The van der Waals surface area contributed by atoms with Crippen LogP contribution in [0.3, 0.4) is 0 Å². The van der Waals surface area contributed by atoms with Crippen molar-refractivity contribution in [2.24, 2.45) is 5.92 Å². The molecule has 0 spiro atoms. The van der Waals surface area contributed by atoms with E-state index in [2.05, 4.69) is 26.9 Å². The summed E-state index contributed by atoms with van der Waals surface area (Å²) in [5, 5.41) is 9.53. The summed E-state index contributed by atoms with van der Waals surface area (Å²) in [4.78, 5) is 13.8. The monoisotopic (exact) mass is 433 g/mol. The third-order valence-corrected chi connectivity index (χ3v) is 5.82. The number of hydrogen-bond donors (Lipinski definition) is 1. The van der Waals surface area contributed by atoms with Gasteiger partial charge in [-0.1, -0.05) is 34.1 Å². The van der Waals surface area contributed by atoms with E-state index in [1.54, 1.807) is 14.2 Å². The van der Waals surface area contributed by atoms with Crippen molar-refractivity contribution in [3.8, 4) is 11.5 Å². The number of methoxy groups -OCH3 is 2. The molecular formula is C21H24BrNO4. The predicted octanol–water partition coefficient (Wildman–Crippen LogP) is 4.35. The molecule has 27 heavy (non-hydrogen) atoms. The minimum Gasteiger partial charge on any atom is -0.497 e. The van der Waals surface area contributed by atoms with E-state index in [9.17, 15) is 9.90 Å². The molecule has 2 atom stereocenters. The summed E-state index contributed by atoms with van der Waals surface area (Å²) in [6.45, 7) is 1.35. The number of halogens is 1. The molecule has 0 radical (unpaired) electrons. The van der Waals surface area contributed by atoms with Crippen LogP contribution in [0.15, 0.2) is 46.9 Å². The summed E-state index contributed by atoms with van der Waals surface area (Å²) in [7, 11) is 3.27. The first-order valence-corrected chi connectivity index (χ1v) is 9.77. The van der Waals surface area contributed by atoms with Gasteiger partial charge >= 0.3 is 5.97 Å². The molecule has 3 rings (SSSR count). The molecule has 1 fully saturated rings. The van der Waals surface area contributed by atoms with Gasteiger partial charge in [-0.05, 0) is 43.1 Å². The molecule has 0 amide bonds. The Morgan fingerprint density at radius 1 is 1.19 bits per heavy atom. The molecule has 1 heterocycles. The summed E-state index contributed by atoms with van der Waals surface area (Å²) >= 11 is 3.67. The molecule has 1 aliphatic rings. The second-order valence-electron chi connectivity index (χ2n) is 6.70. The van der Waals surface area contributed by atoms with Gasteiger partial charge in [0.2, 0.25) is 0 Å². The lowest BCUT2D eigenvalue weighted by Crippen LogP contribution is -2.41. The summed E-state index contributed by atoms with van der Waals surface area (Å²) in [6, 6.07) is 13.8. The first-order chi connectivity index (χ1) is 13.0. The van der Waals surface area contributed by atoms with Crippen molar-refractivity contribution in [1.82, 2.24) is 4.90 Å². The standard InChI is InChI=1S/C21H24BrNO4/c1-26-15-9-10-17(19(12-15)27-2)20(16-7-3-4-8-18(16)22)23-11-5-6-14(13-23)21(24)25/h3-4,7-10,12,14,20H,5-6,11,13H2,1-2H3,(H,24,25). The van der Waals surface area contributed by atoms with Gasteiger partial charge in [-0.25, -0.2) is 0 Å². The lowest BCUT2D eigenvalue weighted by molar-refractivity contribution is -0.143. The predicted molar refractivity (Wildman–Crippen MR) is 107 cm³/mol. The molecule has 1 aliphatic heterocycles. The number of likely N-dealkylation sites (tertiary alicyclic amines) is 1. The first kappa shape index (κ1) is 19.7. The van der Waals surface area contributed by atoms with Crippen LogP contribution in [-0.4, -0.2) is 43.3 Å². The molecule has 2 unspecified atom stereocenters. The van der Waals surface area contributed by atoms with Crippen LogP contribution in [0, 0.1) is 5.92 Å². The van der Waals surface area contributed by atoms with E-state index in [0.717, 1.165) is 40.1 Å². The highest BCUT2D eigenvalue weighted by Gasteiger charge is 2.33. The molecule has 0 aromatic heterocycles. The number of hydrogen-bond acceptors (Lipinski definition) is 4. The van der Waals surface area contributed by atoms with Crippen LogP contribution >= 0.6 is 15.9 Å². The molecule has 0 aliphatic carbocycles. The summed E-state index contributed by atoms with van der Waals surface area (Å²) in [5.41, 5.74) is 2.09. The lowest BCUT2D eigenvalue weighted by atomic mass is 9.91. The molecule has 2 aromatic rings. The quantitative estimate of drug-likeness (QED) is 0.733. The van der Waals surface area contributed by atoms with Crippen molar-refractivity contribution in [3.63, 3.8) is 0 Å². The zero-order valence-electron chi connectivity index (χ0n) is 15.5. The molecule has 144 valence electrons. The number of aliphatic carboxylic acids is 1. The Hall–Kier alpha value is -2.05. The van der Waals surface area contributed by atoms with Crippen molar-refractivity contribution < 1.29 is 19.4 Å². The molecule has 0 saturated carbocycles. The van der Waals surface area contributed by atoms with Crippen LogP contribution in [0.5, 0.6) is 11.5 Å². The topological polar surface area (TPSA) is 59.0 Å². The number of piperidine rings is 1. The molecule has 1 N–H and O–H groups in total. The normalized spacial score (nSPS) is 18.7. The van der Waals surface area contributed by atoms with E-state index in [0.29, 0.717) is 13.0 Å². The van der Waals surface area contributed by atoms with Crippen molar-refractivity contribution in [3.05, 3.63) is 58.1 Å². The Morgan fingerprint density at radius 3 is 2.63 bits per heavy atom. The maximum Gasteiger partial charge on any atom is 0.307 e. The van der Waals surface area contributed by atoms with Crippen LogP contribution in [-0.2, 0) is 4.79 Å². The van der Waals surface area contributed by atoms with Gasteiger partial charge in [0.25, 0.3) is 0 Å². The highest BCUT2D eigenvalue weighted by Crippen LogP contribution is 2.41. The Kier molecular flexibility index (Phi) is 6.39. The highest BCUT2D eigenvalue weighted by atomic mass is 79.9. The van der Waals surface area contributed by atoms with Crippen LogP contribution in [0.2, 0.25) is 0 Å². The molecule has 2 aromatic carbocycles. The Balaban J connectivity index is 2.09. The smallest absolute Gasteiger partial charge is 0.307 e. The molecule has 1 saturated heterocycles. The first-order valence-electron chi connectivity index (χ1n) is 8.98. The third-order valence-electron chi connectivity index (χ3n) is 5.10. The van der Waals surface area contributed by atoms with Crippen LogP contribution in [0.25, 0.3) is 0 Å². The average molecular weight is 434 g/mol. The summed E-state index contributed by atoms with van der Waals surface area (Å²) < 4.78 is 12.0. The van der Waals surface area contributed by atoms with Crippen molar-refractivity contribution in [2.75, 3.05) is 27.3 Å². The van der Waals surface area contributed by atoms with Gasteiger partial charge in [-0.3, -0.25) is 9.69 Å². The van der Waals surface area contributed by atoms with Gasteiger partial charge in [0.15, 0.2) is 0 Å². The second kappa shape index (κ2) is 8.76. The van der Waals surface area contributed by atoms with Crippen molar-refractivity contribution >= 4 is 21.9 Å². The maximum absolute atomic E-state index is 11.6. The molecular weight excluding hydrogens is 410 g/mol. The van der Waals surface area contributed by atoms with Crippen LogP contribution in [0.1, 0.15) is 30.0 Å². The lowest BCUT2D eigenvalue weighted by Gasteiger charge is -2.38. The minimum absolute atomic E-state index is 0.108. The zero-order chi connectivity index (χ0) is 19.4.